The van der Waals surface area contributed by atoms with E-state index in [0.717, 1.165) is 12.8 Å². The van der Waals surface area contributed by atoms with Crippen LogP contribution < -0.4 is 5.56 Å². The molecule has 0 spiro atoms. The Morgan fingerprint density at radius 3 is 3.00 bits per heavy atom. The van der Waals surface area contributed by atoms with E-state index in [-0.39, 0.29) is 5.56 Å². The predicted molar refractivity (Wildman–Crippen MR) is 52.3 cm³/mol. The minimum atomic E-state index is -0.555. The van der Waals surface area contributed by atoms with E-state index in [1.54, 1.807) is 6.07 Å². The summed E-state index contributed by atoms with van der Waals surface area (Å²) in [5.41, 5.74) is -0.349. The monoisotopic (exact) mass is 195 g/mol. The van der Waals surface area contributed by atoms with Crippen molar-refractivity contribution in [2.75, 3.05) is 6.61 Å². The average Bonchev–Trinajstić information content (AvgIpc) is 2.18. The van der Waals surface area contributed by atoms with Crippen molar-refractivity contribution in [3.8, 4) is 0 Å². The van der Waals surface area contributed by atoms with Crippen molar-refractivity contribution in [1.82, 2.24) is 4.98 Å². The highest BCUT2D eigenvalue weighted by Gasteiger charge is 2.09. The lowest BCUT2D eigenvalue weighted by atomic mass is 10.3. The van der Waals surface area contributed by atoms with Gasteiger partial charge in [-0.25, -0.2) is 4.79 Å². The number of ether oxygens (including phenoxy) is 1. The first kappa shape index (κ1) is 10.5. The fourth-order valence-corrected chi connectivity index (χ4v) is 0.969. The Morgan fingerprint density at radius 2 is 2.36 bits per heavy atom. The molecule has 0 bridgehead atoms. The second-order valence-electron chi connectivity index (χ2n) is 2.90. The van der Waals surface area contributed by atoms with Crippen LogP contribution in [0.25, 0.3) is 0 Å². The van der Waals surface area contributed by atoms with E-state index in [9.17, 15) is 9.59 Å². The van der Waals surface area contributed by atoms with Gasteiger partial charge in [0.25, 0.3) is 5.56 Å². The number of hydrogen-bond donors (Lipinski definition) is 1. The molecule has 0 saturated carbocycles. The second-order valence-corrected chi connectivity index (χ2v) is 2.90. The Morgan fingerprint density at radius 1 is 1.57 bits per heavy atom. The normalized spacial score (nSPS) is 9.79. The third-order valence-electron chi connectivity index (χ3n) is 1.77. The fraction of sp³-hybridized carbons (Fsp3) is 0.400. The second kappa shape index (κ2) is 5.21. The Labute approximate surface area is 81.9 Å². The molecular weight excluding hydrogens is 182 g/mol. The molecule has 0 atom stereocenters. The third-order valence-corrected chi connectivity index (χ3v) is 1.77. The lowest BCUT2D eigenvalue weighted by molar-refractivity contribution is 0.0497. The highest BCUT2D eigenvalue weighted by Crippen LogP contribution is 1.95. The zero-order chi connectivity index (χ0) is 10.4. The van der Waals surface area contributed by atoms with Crippen LogP contribution in [0.5, 0.6) is 0 Å². The Kier molecular flexibility index (Phi) is 3.91. The number of unbranched alkanes of at least 4 members (excludes halogenated alkanes) is 1. The summed E-state index contributed by atoms with van der Waals surface area (Å²) in [4.78, 5) is 24.8. The lowest BCUT2D eigenvalue weighted by Gasteiger charge is -2.01. The summed E-state index contributed by atoms with van der Waals surface area (Å²) in [6.45, 7) is 2.37. The van der Waals surface area contributed by atoms with E-state index >= 15 is 0 Å². The number of esters is 1. The zero-order valence-corrected chi connectivity index (χ0v) is 8.08. The molecule has 0 aliphatic heterocycles. The molecule has 1 aromatic rings. The van der Waals surface area contributed by atoms with Crippen molar-refractivity contribution in [3.63, 3.8) is 0 Å². The number of carbonyl (C=O) groups excluding carboxylic acids is 1. The maximum absolute atomic E-state index is 11.3. The molecule has 1 rings (SSSR count). The fourth-order valence-electron chi connectivity index (χ4n) is 0.969. The number of hydrogen-bond acceptors (Lipinski definition) is 3. The topological polar surface area (TPSA) is 59.2 Å². The first-order chi connectivity index (χ1) is 6.75. The van der Waals surface area contributed by atoms with Crippen LogP contribution in [0.2, 0.25) is 0 Å². The van der Waals surface area contributed by atoms with Crippen molar-refractivity contribution in [2.24, 2.45) is 0 Å². The van der Waals surface area contributed by atoms with E-state index in [0.29, 0.717) is 6.61 Å². The number of pyridine rings is 1. The van der Waals surface area contributed by atoms with E-state index < -0.39 is 11.5 Å². The van der Waals surface area contributed by atoms with Crippen LogP contribution in [0.4, 0.5) is 0 Å². The molecule has 76 valence electrons. The van der Waals surface area contributed by atoms with Crippen LogP contribution in [-0.2, 0) is 4.74 Å². The van der Waals surface area contributed by atoms with E-state index in [2.05, 4.69) is 4.98 Å². The molecule has 0 fully saturated rings. The quantitative estimate of drug-likeness (QED) is 0.582. The van der Waals surface area contributed by atoms with E-state index in [4.69, 9.17) is 4.74 Å². The molecular formula is C10H13NO3. The van der Waals surface area contributed by atoms with Gasteiger partial charge in [-0.1, -0.05) is 13.3 Å². The molecule has 0 amide bonds. The van der Waals surface area contributed by atoms with Gasteiger partial charge in [0.2, 0.25) is 0 Å². The Hall–Kier alpha value is -1.58. The lowest BCUT2D eigenvalue weighted by Crippen LogP contribution is -2.19. The van der Waals surface area contributed by atoms with Gasteiger partial charge >= 0.3 is 5.97 Å². The molecule has 1 N–H and O–H groups in total. The molecule has 0 aliphatic carbocycles. The van der Waals surface area contributed by atoms with Gasteiger partial charge in [-0.2, -0.15) is 0 Å². The number of nitrogens with one attached hydrogen (secondary N) is 1. The maximum Gasteiger partial charge on any atom is 0.343 e. The van der Waals surface area contributed by atoms with Crippen LogP contribution in [0, 0.1) is 0 Å². The Balaban J connectivity index is 2.61. The first-order valence-electron chi connectivity index (χ1n) is 4.60. The number of H-pyrrole nitrogens is 1. The third kappa shape index (κ3) is 2.73. The molecule has 4 nitrogen and oxygen atoms in total. The van der Waals surface area contributed by atoms with Crippen molar-refractivity contribution >= 4 is 5.97 Å². The Bertz CT molecular complexity index is 356. The van der Waals surface area contributed by atoms with Gasteiger partial charge in [-0.15, -0.1) is 0 Å². The average molecular weight is 195 g/mol. The highest BCUT2D eigenvalue weighted by atomic mass is 16.5. The van der Waals surface area contributed by atoms with Gasteiger partial charge in [0.05, 0.1) is 6.61 Å². The van der Waals surface area contributed by atoms with E-state index in [1.807, 2.05) is 6.92 Å². The predicted octanol–water partition coefficient (Wildman–Crippen LogP) is 1.33. The molecule has 0 aromatic carbocycles. The molecule has 4 heteroatoms. The summed E-state index contributed by atoms with van der Waals surface area (Å²) in [6.07, 6.45) is 3.25. The molecule has 1 aromatic heterocycles. The van der Waals surface area contributed by atoms with Gasteiger partial charge in [0.1, 0.15) is 5.56 Å². The van der Waals surface area contributed by atoms with Gasteiger partial charge < -0.3 is 9.72 Å². The standard InChI is InChI=1S/C10H13NO3/c1-2-3-7-14-10(13)8-5-4-6-11-9(8)12/h4-6H,2-3,7H2,1H3,(H,11,12). The summed E-state index contributed by atoms with van der Waals surface area (Å²) < 4.78 is 4.89. The minimum absolute atomic E-state index is 0.0589. The SMILES string of the molecule is CCCCOC(=O)c1ccc[nH]c1=O. The van der Waals surface area contributed by atoms with Gasteiger partial charge in [0, 0.05) is 6.20 Å². The molecule has 0 saturated heterocycles. The number of aromatic nitrogens is 1. The summed E-state index contributed by atoms with van der Waals surface area (Å²) in [6, 6.07) is 3.05. The number of carbonyl (C=O) groups is 1. The van der Waals surface area contributed by atoms with Gasteiger partial charge in [-0.3, -0.25) is 4.79 Å². The van der Waals surface area contributed by atoms with Crippen LogP contribution in [-0.4, -0.2) is 17.6 Å². The van der Waals surface area contributed by atoms with Crippen molar-refractivity contribution in [3.05, 3.63) is 34.2 Å². The summed E-state index contributed by atoms with van der Waals surface area (Å²) in [5, 5.41) is 0. The molecule has 14 heavy (non-hydrogen) atoms. The van der Waals surface area contributed by atoms with Crippen LogP contribution in [0.3, 0.4) is 0 Å². The van der Waals surface area contributed by atoms with Crippen molar-refractivity contribution in [2.45, 2.75) is 19.8 Å². The minimum Gasteiger partial charge on any atom is -0.462 e. The molecule has 1 heterocycles. The van der Waals surface area contributed by atoms with Crippen LogP contribution in [0.15, 0.2) is 23.1 Å². The summed E-state index contributed by atoms with van der Waals surface area (Å²) in [7, 11) is 0. The largest absolute Gasteiger partial charge is 0.462 e. The van der Waals surface area contributed by atoms with Gasteiger partial charge in [-0.05, 0) is 18.6 Å². The number of rotatable bonds is 4. The smallest absolute Gasteiger partial charge is 0.343 e. The van der Waals surface area contributed by atoms with Crippen LogP contribution >= 0.6 is 0 Å². The summed E-state index contributed by atoms with van der Waals surface area (Å²) >= 11 is 0. The molecule has 0 unspecified atom stereocenters. The highest BCUT2D eigenvalue weighted by molar-refractivity contribution is 5.88. The zero-order valence-electron chi connectivity index (χ0n) is 8.08. The van der Waals surface area contributed by atoms with Crippen molar-refractivity contribution < 1.29 is 9.53 Å². The maximum atomic E-state index is 11.3. The molecule has 0 aliphatic rings. The first-order valence-corrected chi connectivity index (χ1v) is 4.60. The molecule has 0 radical (unpaired) electrons. The van der Waals surface area contributed by atoms with Gasteiger partial charge in [0.15, 0.2) is 0 Å². The number of aromatic amines is 1. The van der Waals surface area contributed by atoms with Crippen LogP contribution in [0.1, 0.15) is 30.1 Å². The van der Waals surface area contributed by atoms with Crippen molar-refractivity contribution in [1.29, 1.82) is 0 Å². The van der Waals surface area contributed by atoms with E-state index in [1.165, 1.54) is 12.3 Å². The summed E-state index contributed by atoms with van der Waals surface area (Å²) in [5.74, 6) is -0.555.